The van der Waals surface area contributed by atoms with Gasteiger partial charge in [-0.25, -0.2) is 4.98 Å². The second-order valence-electron chi connectivity index (χ2n) is 5.98. The summed E-state index contributed by atoms with van der Waals surface area (Å²) in [6, 6.07) is 5.47. The highest BCUT2D eigenvalue weighted by molar-refractivity contribution is 5.37. The maximum Gasteiger partial charge on any atom is 0.126 e. The summed E-state index contributed by atoms with van der Waals surface area (Å²) in [4.78, 5) is 7.22. The van der Waals surface area contributed by atoms with Crippen LogP contribution in [0.3, 0.4) is 0 Å². The second kappa shape index (κ2) is 7.63. The third-order valence-corrected chi connectivity index (χ3v) is 4.34. The first-order valence-corrected chi connectivity index (χ1v) is 8.21. The Hall–Kier alpha value is -1.09. The van der Waals surface area contributed by atoms with E-state index in [2.05, 4.69) is 54.3 Å². The van der Waals surface area contributed by atoms with E-state index in [1.807, 2.05) is 0 Å². The molecule has 0 spiro atoms. The summed E-state index contributed by atoms with van der Waals surface area (Å²) < 4.78 is 0. The van der Waals surface area contributed by atoms with Crippen molar-refractivity contribution in [3.05, 3.63) is 23.9 Å². The van der Waals surface area contributed by atoms with Crippen molar-refractivity contribution >= 4 is 5.82 Å². The molecule has 2 rings (SSSR count). The maximum atomic E-state index is 4.59. The van der Waals surface area contributed by atoms with Crippen LogP contribution in [0.4, 0.5) is 5.82 Å². The molecule has 0 aliphatic carbocycles. The predicted molar refractivity (Wildman–Crippen MR) is 86.1 cm³/mol. The van der Waals surface area contributed by atoms with Crippen LogP contribution in [0.15, 0.2) is 18.3 Å². The van der Waals surface area contributed by atoms with E-state index in [4.69, 9.17) is 0 Å². The van der Waals surface area contributed by atoms with Crippen LogP contribution in [-0.2, 0) is 0 Å². The van der Waals surface area contributed by atoms with Crippen molar-refractivity contribution in [2.24, 2.45) is 0 Å². The summed E-state index contributed by atoms with van der Waals surface area (Å²) >= 11 is 0. The summed E-state index contributed by atoms with van der Waals surface area (Å²) in [5, 5.41) is 3.43. The minimum Gasteiger partial charge on any atom is -0.368 e. The summed E-state index contributed by atoms with van der Waals surface area (Å²) in [6.45, 7) is 9.13. The van der Waals surface area contributed by atoms with Crippen LogP contribution in [0.5, 0.6) is 0 Å². The van der Waals surface area contributed by atoms with Crippen LogP contribution >= 0.6 is 0 Å². The monoisotopic (exact) mass is 275 g/mol. The van der Waals surface area contributed by atoms with Gasteiger partial charge in [0.05, 0.1) is 0 Å². The van der Waals surface area contributed by atoms with Gasteiger partial charge in [0.2, 0.25) is 0 Å². The minimum absolute atomic E-state index is 0.487. The van der Waals surface area contributed by atoms with E-state index in [1.54, 1.807) is 0 Å². The van der Waals surface area contributed by atoms with Crippen molar-refractivity contribution in [1.29, 1.82) is 0 Å². The van der Waals surface area contributed by atoms with Crippen LogP contribution in [0.2, 0.25) is 0 Å². The van der Waals surface area contributed by atoms with Crippen molar-refractivity contribution < 1.29 is 0 Å². The zero-order valence-corrected chi connectivity index (χ0v) is 13.2. The normalized spacial score (nSPS) is 21.1. The molecule has 3 nitrogen and oxygen atoms in total. The van der Waals surface area contributed by atoms with Crippen molar-refractivity contribution in [3.63, 3.8) is 0 Å². The number of nitrogens with zero attached hydrogens (tertiary/aromatic N) is 2. The van der Waals surface area contributed by atoms with Crippen LogP contribution < -0.4 is 5.32 Å². The van der Waals surface area contributed by atoms with Crippen LogP contribution in [0, 0.1) is 0 Å². The smallest absolute Gasteiger partial charge is 0.126 e. The van der Waals surface area contributed by atoms with Crippen molar-refractivity contribution in [2.45, 2.75) is 65.0 Å². The topological polar surface area (TPSA) is 28.2 Å². The summed E-state index contributed by atoms with van der Waals surface area (Å²) in [5.74, 6) is 1.00. The molecule has 1 aliphatic heterocycles. The maximum absolute atomic E-state index is 4.59. The molecule has 0 aromatic carbocycles. The number of unbranched alkanes of at least 4 members (excludes halogenated alkanes) is 1. The van der Waals surface area contributed by atoms with Gasteiger partial charge in [0, 0.05) is 18.3 Å². The molecular formula is C17H29N3. The Balaban J connectivity index is 1.98. The fourth-order valence-electron chi connectivity index (χ4n) is 2.87. The largest absolute Gasteiger partial charge is 0.368 e. The van der Waals surface area contributed by atoms with E-state index in [9.17, 15) is 0 Å². The number of anilines is 1. The third kappa shape index (κ3) is 3.95. The zero-order valence-electron chi connectivity index (χ0n) is 13.2. The number of hydrogen-bond donors (Lipinski definition) is 1. The van der Waals surface area contributed by atoms with Gasteiger partial charge in [-0.2, -0.15) is 0 Å². The fraction of sp³-hybridized carbons (Fsp3) is 0.706. The Labute approximate surface area is 123 Å². The molecule has 1 aliphatic rings. The van der Waals surface area contributed by atoms with Crippen LogP contribution in [-0.4, -0.2) is 29.0 Å². The van der Waals surface area contributed by atoms with Gasteiger partial charge < -0.3 is 5.32 Å². The van der Waals surface area contributed by atoms with Crippen LogP contribution in [0.25, 0.3) is 0 Å². The van der Waals surface area contributed by atoms with Gasteiger partial charge >= 0.3 is 0 Å². The van der Waals surface area contributed by atoms with E-state index >= 15 is 0 Å². The number of rotatable bonds is 7. The summed E-state index contributed by atoms with van der Waals surface area (Å²) in [6.07, 6.45) is 8.37. The molecule has 20 heavy (non-hydrogen) atoms. The highest BCUT2D eigenvalue weighted by Crippen LogP contribution is 2.31. The molecule has 1 aromatic heterocycles. The van der Waals surface area contributed by atoms with Crippen molar-refractivity contribution in [1.82, 2.24) is 9.88 Å². The van der Waals surface area contributed by atoms with E-state index in [1.165, 1.54) is 44.3 Å². The van der Waals surface area contributed by atoms with Gasteiger partial charge in [-0.3, -0.25) is 4.90 Å². The lowest BCUT2D eigenvalue weighted by molar-refractivity contribution is 0.253. The predicted octanol–water partition coefficient (Wildman–Crippen LogP) is 4.23. The molecule has 1 aromatic rings. The number of aromatic nitrogens is 1. The van der Waals surface area contributed by atoms with Gasteiger partial charge in [0.15, 0.2) is 0 Å². The average molecular weight is 275 g/mol. The first-order chi connectivity index (χ1) is 9.74. The fourth-order valence-corrected chi connectivity index (χ4v) is 2.87. The van der Waals surface area contributed by atoms with Crippen molar-refractivity contribution in [3.8, 4) is 0 Å². The van der Waals surface area contributed by atoms with Gasteiger partial charge in [0.25, 0.3) is 0 Å². The molecule has 1 saturated heterocycles. The molecule has 3 heteroatoms. The standard InChI is InChI=1S/C17H29N3/c1-4-6-11-20-12-7-8-16(20)15-9-10-17(18-13-15)19-14(3)5-2/h9-10,13-14,16H,4-8,11-12H2,1-3H3,(H,18,19)/t14-,16+/m0/s1. The highest BCUT2D eigenvalue weighted by atomic mass is 15.2. The van der Waals surface area contributed by atoms with Crippen LogP contribution in [0.1, 0.15) is 64.5 Å². The number of pyridine rings is 1. The molecule has 0 bridgehead atoms. The van der Waals surface area contributed by atoms with Crippen molar-refractivity contribution in [2.75, 3.05) is 18.4 Å². The molecule has 0 amide bonds. The van der Waals surface area contributed by atoms with Gasteiger partial charge in [-0.1, -0.05) is 26.3 Å². The summed E-state index contributed by atoms with van der Waals surface area (Å²) in [7, 11) is 0. The molecule has 2 atom stereocenters. The highest BCUT2D eigenvalue weighted by Gasteiger charge is 2.25. The van der Waals surface area contributed by atoms with E-state index in [0.717, 1.165) is 12.2 Å². The molecule has 0 unspecified atom stereocenters. The molecule has 1 N–H and O–H groups in total. The number of nitrogens with one attached hydrogen (secondary N) is 1. The lowest BCUT2D eigenvalue weighted by Crippen LogP contribution is -2.24. The first kappa shape index (κ1) is 15.3. The molecule has 0 radical (unpaired) electrons. The second-order valence-corrected chi connectivity index (χ2v) is 5.98. The Morgan fingerprint density at radius 1 is 1.40 bits per heavy atom. The molecule has 1 fully saturated rings. The first-order valence-electron chi connectivity index (χ1n) is 8.21. The molecule has 0 saturated carbocycles. The lowest BCUT2D eigenvalue weighted by Gasteiger charge is -2.24. The van der Waals surface area contributed by atoms with E-state index < -0.39 is 0 Å². The van der Waals surface area contributed by atoms with Gasteiger partial charge in [0.1, 0.15) is 5.82 Å². The third-order valence-electron chi connectivity index (χ3n) is 4.34. The SMILES string of the molecule is CCCCN1CCC[C@@H]1c1ccc(N[C@@H](C)CC)nc1. The Morgan fingerprint density at radius 3 is 2.90 bits per heavy atom. The van der Waals surface area contributed by atoms with Gasteiger partial charge in [-0.15, -0.1) is 0 Å². The number of hydrogen-bond acceptors (Lipinski definition) is 3. The molecule has 112 valence electrons. The average Bonchev–Trinajstić information content (AvgIpc) is 2.94. The molecular weight excluding hydrogens is 246 g/mol. The van der Waals surface area contributed by atoms with E-state index in [-0.39, 0.29) is 0 Å². The zero-order chi connectivity index (χ0) is 14.4. The Kier molecular flexibility index (Phi) is 5.84. The van der Waals surface area contributed by atoms with E-state index in [0.29, 0.717) is 12.1 Å². The minimum atomic E-state index is 0.487. The summed E-state index contributed by atoms with van der Waals surface area (Å²) in [5.41, 5.74) is 1.38. The molecule has 2 heterocycles. The number of likely N-dealkylation sites (tertiary alicyclic amines) is 1. The Bertz CT molecular complexity index is 388. The van der Waals surface area contributed by atoms with Gasteiger partial charge in [-0.05, 0) is 57.3 Å². The Morgan fingerprint density at radius 2 is 2.25 bits per heavy atom. The lowest BCUT2D eigenvalue weighted by atomic mass is 10.1. The quantitative estimate of drug-likeness (QED) is 0.807.